The van der Waals surface area contributed by atoms with Crippen molar-refractivity contribution in [2.45, 2.75) is 11.8 Å². The van der Waals surface area contributed by atoms with Crippen LogP contribution in [0.3, 0.4) is 0 Å². The lowest BCUT2D eigenvalue weighted by atomic mass is 10.2. The molecule has 0 unspecified atom stereocenters. The van der Waals surface area contributed by atoms with Crippen molar-refractivity contribution in [1.29, 1.82) is 0 Å². The number of carbonyl (C=O) groups is 2. The Labute approximate surface area is 142 Å². The number of rotatable bonds is 5. The number of nitrogens with one attached hydrogen (secondary N) is 1. The van der Waals surface area contributed by atoms with E-state index in [-0.39, 0.29) is 16.4 Å². The molecule has 23 heavy (non-hydrogen) atoms. The molecule has 7 heteroatoms. The Balaban J connectivity index is 2.22. The molecule has 0 saturated carbocycles. The first-order valence-electron chi connectivity index (χ1n) is 6.58. The third-order valence-corrected chi connectivity index (χ3v) is 4.16. The fourth-order valence-electron chi connectivity index (χ4n) is 1.65. The van der Waals surface area contributed by atoms with Crippen molar-refractivity contribution in [3.8, 4) is 0 Å². The molecule has 2 N–H and O–H groups in total. The van der Waals surface area contributed by atoms with Crippen LogP contribution < -0.4 is 5.43 Å². The highest BCUT2D eigenvalue weighted by atomic mass is 35.5. The van der Waals surface area contributed by atoms with Crippen LogP contribution in [-0.2, 0) is 4.79 Å². The van der Waals surface area contributed by atoms with E-state index in [0.717, 1.165) is 11.8 Å². The van der Waals surface area contributed by atoms with E-state index in [1.165, 1.54) is 13.0 Å². The zero-order chi connectivity index (χ0) is 16.8. The number of ketones is 1. The first kappa shape index (κ1) is 17.1. The van der Waals surface area contributed by atoms with Gasteiger partial charge in [-0.1, -0.05) is 35.5 Å². The molecule has 0 aliphatic rings. The average Bonchev–Trinajstić information content (AvgIpc) is 2.53. The Morgan fingerprint density at radius 1 is 1.13 bits per heavy atom. The third kappa shape index (κ3) is 4.84. The largest absolute Gasteiger partial charge is 0.478 e. The van der Waals surface area contributed by atoms with Gasteiger partial charge in [0.25, 0.3) is 0 Å². The van der Waals surface area contributed by atoms with Gasteiger partial charge < -0.3 is 5.11 Å². The van der Waals surface area contributed by atoms with E-state index in [4.69, 9.17) is 11.6 Å². The summed E-state index contributed by atoms with van der Waals surface area (Å²) in [5, 5.41) is 14.0. The molecule has 5 nitrogen and oxygen atoms in total. The van der Waals surface area contributed by atoms with Crippen molar-refractivity contribution in [3.63, 3.8) is 0 Å². The van der Waals surface area contributed by atoms with Gasteiger partial charge >= 0.3 is 5.97 Å². The zero-order valence-electron chi connectivity index (χ0n) is 12.1. The lowest BCUT2D eigenvalue weighted by Crippen LogP contribution is -2.09. The number of Topliss-reactive ketones (excluding diaryl/α,β-unsaturated/α-hetero) is 1. The highest BCUT2D eigenvalue weighted by Gasteiger charge is 2.15. The summed E-state index contributed by atoms with van der Waals surface area (Å²) in [6.07, 6.45) is 0. The predicted molar refractivity (Wildman–Crippen MR) is 92.4 cm³/mol. The summed E-state index contributed by atoms with van der Waals surface area (Å²) in [6, 6.07) is 13.3. The molecule has 0 aliphatic carbocycles. The first-order valence-corrected chi connectivity index (χ1v) is 7.77. The number of hydrogen-bond acceptors (Lipinski definition) is 5. The first-order chi connectivity index (χ1) is 11.0. The van der Waals surface area contributed by atoms with E-state index in [1.807, 2.05) is 0 Å². The predicted octanol–water partition coefficient (Wildman–Crippen LogP) is 4.14. The fraction of sp³-hybridized carbons (Fsp3) is 0.0625. The second kappa shape index (κ2) is 7.80. The number of nitrogens with zero attached hydrogens (tertiary/aromatic N) is 1. The molecule has 2 rings (SSSR count). The van der Waals surface area contributed by atoms with Crippen LogP contribution in [0.1, 0.15) is 17.3 Å². The smallest absolute Gasteiger partial charge is 0.336 e. The molecular formula is C16H13ClN2O3S. The maximum atomic E-state index is 11.7. The topological polar surface area (TPSA) is 78.8 Å². The van der Waals surface area contributed by atoms with Gasteiger partial charge in [0, 0.05) is 16.8 Å². The van der Waals surface area contributed by atoms with Gasteiger partial charge in [0.05, 0.1) is 11.3 Å². The van der Waals surface area contributed by atoms with E-state index < -0.39 is 5.97 Å². The van der Waals surface area contributed by atoms with Crippen LogP contribution >= 0.6 is 23.4 Å². The number of carbonyl (C=O) groups excluding carboxylic acids is 1. The second-order valence-corrected chi connectivity index (χ2v) is 5.96. The van der Waals surface area contributed by atoms with E-state index in [9.17, 15) is 14.7 Å². The Morgan fingerprint density at radius 2 is 1.78 bits per heavy atom. The number of carboxylic acids is 1. The number of anilines is 1. The van der Waals surface area contributed by atoms with Gasteiger partial charge in [0.2, 0.25) is 0 Å². The number of thioether (sulfide) groups is 1. The normalized spacial score (nSPS) is 11.1. The highest BCUT2D eigenvalue weighted by Crippen LogP contribution is 2.25. The molecule has 0 saturated heterocycles. The lowest BCUT2D eigenvalue weighted by molar-refractivity contribution is -0.110. The van der Waals surface area contributed by atoms with Crippen molar-refractivity contribution < 1.29 is 14.7 Å². The van der Waals surface area contributed by atoms with Gasteiger partial charge in [-0.2, -0.15) is 5.10 Å². The number of benzene rings is 2. The molecule has 0 spiro atoms. The molecule has 0 atom stereocenters. The minimum atomic E-state index is -1.05. The molecule has 118 valence electrons. The molecule has 0 heterocycles. The lowest BCUT2D eigenvalue weighted by Gasteiger charge is -2.07. The van der Waals surface area contributed by atoms with E-state index in [2.05, 4.69) is 10.5 Å². The summed E-state index contributed by atoms with van der Waals surface area (Å²) < 4.78 is 0. The monoisotopic (exact) mass is 348 g/mol. The van der Waals surface area contributed by atoms with Crippen molar-refractivity contribution in [2.75, 3.05) is 5.43 Å². The van der Waals surface area contributed by atoms with Crippen LogP contribution in [0.15, 0.2) is 58.5 Å². The summed E-state index contributed by atoms with van der Waals surface area (Å²) in [5.41, 5.74) is 3.55. The number of aromatic carboxylic acids is 1. The Bertz CT molecular complexity index is 760. The minimum absolute atomic E-state index is 0.123. The summed E-state index contributed by atoms with van der Waals surface area (Å²) in [7, 11) is 0. The fourth-order valence-corrected chi connectivity index (χ4v) is 2.63. The molecular weight excluding hydrogens is 336 g/mol. The van der Waals surface area contributed by atoms with Crippen LogP contribution in [0.4, 0.5) is 5.69 Å². The minimum Gasteiger partial charge on any atom is -0.478 e. The van der Waals surface area contributed by atoms with E-state index >= 15 is 0 Å². The van der Waals surface area contributed by atoms with E-state index in [0.29, 0.717) is 15.6 Å². The van der Waals surface area contributed by atoms with Crippen molar-refractivity contribution in [3.05, 3.63) is 59.1 Å². The Hall–Kier alpha value is -2.31. The van der Waals surface area contributed by atoms with Gasteiger partial charge in [-0.25, -0.2) is 4.79 Å². The van der Waals surface area contributed by atoms with Gasteiger partial charge in [-0.05, 0) is 36.4 Å². The number of carboxylic acid groups (broad SMARTS) is 1. The second-order valence-electron chi connectivity index (χ2n) is 4.50. The van der Waals surface area contributed by atoms with Crippen molar-refractivity contribution in [2.24, 2.45) is 5.10 Å². The summed E-state index contributed by atoms with van der Waals surface area (Å²) in [4.78, 5) is 23.4. The Morgan fingerprint density at radius 3 is 2.39 bits per heavy atom. The van der Waals surface area contributed by atoms with Crippen LogP contribution in [0.25, 0.3) is 0 Å². The van der Waals surface area contributed by atoms with Gasteiger partial charge in [-0.15, -0.1) is 0 Å². The Kier molecular flexibility index (Phi) is 5.78. The van der Waals surface area contributed by atoms with Gasteiger partial charge in [0.15, 0.2) is 10.8 Å². The number of halogens is 1. The molecule has 0 amide bonds. The van der Waals surface area contributed by atoms with Crippen LogP contribution in [0.5, 0.6) is 0 Å². The zero-order valence-corrected chi connectivity index (χ0v) is 13.7. The maximum absolute atomic E-state index is 11.7. The molecule has 0 aliphatic heterocycles. The molecule has 0 radical (unpaired) electrons. The van der Waals surface area contributed by atoms with Crippen LogP contribution in [0.2, 0.25) is 5.02 Å². The SMILES string of the molecule is CC(=O)/C(=N\Nc1ccc(Cl)cc1)Sc1ccccc1C(=O)O. The number of hydrazone groups is 1. The highest BCUT2D eigenvalue weighted by molar-refractivity contribution is 8.15. The quantitative estimate of drug-likeness (QED) is 0.367. The van der Waals surface area contributed by atoms with E-state index in [1.54, 1.807) is 42.5 Å². The maximum Gasteiger partial charge on any atom is 0.336 e. The van der Waals surface area contributed by atoms with Crippen molar-refractivity contribution >= 4 is 45.8 Å². The number of hydrogen-bond donors (Lipinski definition) is 2. The summed E-state index contributed by atoms with van der Waals surface area (Å²) >= 11 is 6.81. The standard InChI is InChI=1S/C16H13ClN2O3S/c1-10(20)15(19-18-12-8-6-11(17)7-9-12)23-14-5-3-2-4-13(14)16(21)22/h2-9,18H,1H3,(H,21,22)/b19-15+. The molecule has 0 aromatic heterocycles. The molecule has 2 aromatic carbocycles. The third-order valence-electron chi connectivity index (χ3n) is 2.76. The molecule has 0 bridgehead atoms. The molecule has 0 fully saturated rings. The van der Waals surface area contributed by atoms with Crippen LogP contribution in [0, 0.1) is 0 Å². The van der Waals surface area contributed by atoms with Crippen LogP contribution in [-0.4, -0.2) is 21.9 Å². The average molecular weight is 349 g/mol. The summed E-state index contributed by atoms with van der Waals surface area (Å²) in [5.74, 6) is -1.32. The summed E-state index contributed by atoms with van der Waals surface area (Å²) in [6.45, 7) is 1.37. The molecule has 2 aromatic rings. The van der Waals surface area contributed by atoms with Gasteiger partial charge in [0.1, 0.15) is 0 Å². The van der Waals surface area contributed by atoms with Crippen molar-refractivity contribution in [1.82, 2.24) is 0 Å². The van der Waals surface area contributed by atoms with Gasteiger partial charge in [-0.3, -0.25) is 10.2 Å².